The Labute approximate surface area is 103 Å². The Morgan fingerprint density at radius 3 is 2.75 bits per heavy atom. The number of piperidine rings is 1. The van der Waals surface area contributed by atoms with Crippen LogP contribution in [-0.4, -0.2) is 23.7 Å². The van der Waals surface area contributed by atoms with E-state index in [-0.39, 0.29) is 5.56 Å². The zero-order chi connectivity index (χ0) is 15.7. The molecule has 2 atom stereocenters. The lowest BCUT2D eigenvalue weighted by Gasteiger charge is -2.29. The SMILES string of the molecule is [2H]c1c([2H])c([2H])c(C(C(=O)O)C2CCCCN2)c([2H])c1[2H]. The molecule has 3 heteroatoms. The number of nitrogens with one attached hydrogen (secondary N) is 1. The molecule has 2 N–H and O–H groups in total. The van der Waals surface area contributed by atoms with E-state index in [0.717, 1.165) is 12.8 Å². The molecule has 1 aromatic rings. The van der Waals surface area contributed by atoms with E-state index >= 15 is 0 Å². The largest absolute Gasteiger partial charge is 0.481 e. The third-order valence-electron chi connectivity index (χ3n) is 2.85. The number of benzene rings is 1. The smallest absolute Gasteiger partial charge is 0.312 e. The second-order valence-electron chi connectivity index (χ2n) is 3.91. The summed E-state index contributed by atoms with van der Waals surface area (Å²) in [6, 6.07) is -2.77. The summed E-state index contributed by atoms with van der Waals surface area (Å²) in [6.45, 7) is 0.674. The summed E-state index contributed by atoms with van der Waals surface area (Å²) in [5, 5.41) is 12.6. The van der Waals surface area contributed by atoms with Crippen LogP contribution in [0.4, 0.5) is 0 Å². The zero-order valence-corrected chi connectivity index (χ0v) is 8.84. The van der Waals surface area contributed by atoms with Gasteiger partial charge in [-0.15, -0.1) is 0 Å². The summed E-state index contributed by atoms with van der Waals surface area (Å²) < 4.78 is 38.7. The van der Waals surface area contributed by atoms with E-state index in [9.17, 15) is 9.90 Å². The maximum atomic E-state index is 11.6. The first kappa shape index (κ1) is 6.40. The Bertz CT molecular complexity index is 543. The van der Waals surface area contributed by atoms with Crippen LogP contribution in [0.2, 0.25) is 0 Å². The van der Waals surface area contributed by atoms with Crippen LogP contribution >= 0.6 is 0 Å². The number of rotatable bonds is 3. The van der Waals surface area contributed by atoms with E-state index < -0.39 is 48.1 Å². The molecule has 1 aliphatic heterocycles. The highest BCUT2D eigenvalue weighted by Gasteiger charge is 2.30. The number of hydrogen-bond acceptors (Lipinski definition) is 2. The van der Waals surface area contributed by atoms with Crippen molar-refractivity contribution in [2.45, 2.75) is 31.2 Å². The minimum Gasteiger partial charge on any atom is -0.481 e. The van der Waals surface area contributed by atoms with Crippen molar-refractivity contribution in [1.82, 2.24) is 5.32 Å². The lowest BCUT2D eigenvalue weighted by atomic mass is 9.86. The fourth-order valence-corrected chi connectivity index (χ4v) is 2.08. The third kappa shape index (κ3) is 2.42. The fourth-order valence-electron chi connectivity index (χ4n) is 2.08. The van der Waals surface area contributed by atoms with Crippen molar-refractivity contribution < 1.29 is 16.8 Å². The van der Waals surface area contributed by atoms with Gasteiger partial charge in [-0.1, -0.05) is 36.6 Å². The van der Waals surface area contributed by atoms with E-state index in [1.165, 1.54) is 0 Å². The van der Waals surface area contributed by atoms with Crippen LogP contribution in [0.3, 0.4) is 0 Å². The molecule has 2 unspecified atom stereocenters. The van der Waals surface area contributed by atoms with Crippen LogP contribution in [0.25, 0.3) is 0 Å². The number of aliphatic carboxylic acids is 1. The van der Waals surface area contributed by atoms with Gasteiger partial charge < -0.3 is 10.4 Å². The molecule has 2 rings (SSSR count). The van der Waals surface area contributed by atoms with E-state index in [1.807, 2.05) is 0 Å². The Hall–Kier alpha value is -1.35. The summed E-state index contributed by atoms with van der Waals surface area (Å²) in [5.74, 6) is -2.31. The molecule has 86 valence electrons. The Morgan fingerprint density at radius 2 is 2.19 bits per heavy atom. The predicted molar refractivity (Wildman–Crippen MR) is 62.5 cm³/mol. The monoisotopic (exact) mass is 224 g/mol. The lowest BCUT2D eigenvalue weighted by molar-refractivity contribution is -0.139. The van der Waals surface area contributed by atoms with Gasteiger partial charge in [0.25, 0.3) is 0 Å². The molecule has 3 nitrogen and oxygen atoms in total. The van der Waals surface area contributed by atoms with E-state index in [2.05, 4.69) is 5.32 Å². The standard InChI is InChI=1S/C13H17NO2/c15-13(16)12(10-6-2-1-3-7-10)11-8-4-5-9-14-11/h1-3,6-7,11-12,14H,4-5,8-9H2,(H,15,16)/i1D,2D,3D,6D,7D. The molecule has 0 bridgehead atoms. The Kier molecular flexibility index (Phi) is 2.05. The van der Waals surface area contributed by atoms with Gasteiger partial charge >= 0.3 is 5.97 Å². The van der Waals surface area contributed by atoms with Crippen LogP contribution < -0.4 is 5.32 Å². The molecule has 0 saturated carbocycles. The molecule has 1 saturated heterocycles. The Morgan fingerprint density at radius 1 is 1.44 bits per heavy atom. The summed E-state index contributed by atoms with van der Waals surface area (Å²) in [5.41, 5.74) is -0.132. The van der Waals surface area contributed by atoms with E-state index in [1.54, 1.807) is 0 Å². The van der Waals surface area contributed by atoms with Gasteiger partial charge in [0.1, 0.15) is 0 Å². The third-order valence-corrected chi connectivity index (χ3v) is 2.85. The van der Waals surface area contributed by atoms with Crippen molar-refractivity contribution in [2.75, 3.05) is 6.54 Å². The second-order valence-corrected chi connectivity index (χ2v) is 3.91. The van der Waals surface area contributed by atoms with Crippen molar-refractivity contribution in [3.63, 3.8) is 0 Å². The molecule has 0 spiro atoms. The average molecular weight is 224 g/mol. The highest BCUT2D eigenvalue weighted by atomic mass is 16.4. The first-order chi connectivity index (χ1) is 9.86. The van der Waals surface area contributed by atoms with Gasteiger partial charge in [0.2, 0.25) is 0 Å². The first-order valence-corrected chi connectivity index (χ1v) is 5.39. The second kappa shape index (κ2) is 5.12. The predicted octanol–water partition coefficient (Wildman–Crippen LogP) is 2.00. The zero-order valence-electron chi connectivity index (χ0n) is 13.8. The van der Waals surface area contributed by atoms with Crippen LogP contribution in [0, 0.1) is 0 Å². The van der Waals surface area contributed by atoms with Gasteiger partial charge in [-0.3, -0.25) is 4.79 Å². The van der Waals surface area contributed by atoms with Gasteiger partial charge in [-0.05, 0) is 24.9 Å². The van der Waals surface area contributed by atoms with Crippen LogP contribution in [0.5, 0.6) is 0 Å². The maximum absolute atomic E-state index is 11.6. The van der Waals surface area contributed by atoms with Gasteiger partial charge in [0, 0.05) is 6.04 Å². The minimum atomic E-state index is -1.17. The molecule has 1 aromatic carbocycles. The maximum Gasteiger partial charge on any atom is 0.312 e. The van der Waals surface area contributed by atoms with Crippen molar-refractivity contribution >= 4 is 5.97 Å². The molecule has 1 aliphatic rings. The summed E-state index contributed by atoms with van der Waals surface area (Å²) >= 11 is 0. The van der Waals surface area contributed by atoms with Gasteiger partial charge in [-0.2, -0.15) is 0 Å². The molecule has 1 fully saturated rings. The van der Waals surface area contributed by atoms with Crippen molar-refractivity contribution in [3.05, 3.63) is 35.8 Å². The number of carboxylic acids is 1. The van der Waals surface area contributed by atoms with Gasteiger partial charge in [-0.25, -0.2) is 0 Å². The highest BCUT2D eigenvalue weighted by Crippen LogP contribution is 2.25. The summed E-state index contributed by atoms with van der Waals surface area (Å²) in [4.78, 5) is 11.6. The molecule has 0 amide bonds. The molecule has 1 heterocycles. The first-order valence-electron chi connectivity index (χ1n) is 7.89. The molecule has 16 heavy (non-hydrogen) atoms. The number of hydrogen-bond donors (Lipinski definition) is 2. The molecular weight excluding hydrogens is 202 g/mol. The van der Waals surface area contributed by atoms with Crippen molar-refractivity contribution in [1.29, 1.82) is 0 Å². The van der Waals surface area contributed by atoms with Crippen LogP contribution in [0.15, 0.2) is 30.2 Å². The molecule has 0 radical (unpaired) electrons. The van der Waals surface area contributed by atoms with Gasteiger partial charge in [0.05, 0.1) is 12.8 Å². The molecular formula is C13H17NO2. The minimum absolute atomic E-state index is 0.132. The summed E-state index contributed by atoms with van der Waals surface area (Å²) in [7, 11) is 0. The topological polar surface area (TPSA) is 49.3 Å². The normalized spacial score (nSPS) is 27.0. The van der Waals surface area contributed by atoms with Crippen LogP contribution in [0.1, 0.15) is 37.6 Å². The van der Waals surface area contributed by atoms with Crippen molar-refractivity contribution in [2.24, 2.45) is 0 Å². The average Bonchev–Trinajstić information content (AvgIpc) is 2.48. The van der Waals surface area contributed by atoms with Crippen LogP contribution in [-0.2, 0) is 4.79 Å². The van der Waals surface area contributed by atoms with E-state index in [4.69, 9.17) is 6.85 Å². The number of carbonyl (C=O) groups is 1. The quantitative estimate of drug-likeness (QED) is 0.825. The summed E-state index contributed by atoms with van der Waals surface area (Å²) in [6.07, 6.45) is 2.42. The number of carboxylic acid groups (broad SMARTS) is 1. The Balaban J connectivity index is 2.58. The molecule has 0 aliphatic carbocycles. The van der Waals surface area contributed by atoms with Gasteiger partial charge in [0.15, 0.2) is 0 Å². The lowest BCUT2D eigenvalue weighted by Crippen LogP contribution is -2.41. The molecule has 0 aromatic heterocycles. The highest BCUT2D eigenvalue weighted by molar-refractivity contribution is 5.77. The van der Waals surface area contributed by atoms with E-state index in [0.29, 0.717) is 13.0 Å². The fraction of sp³-hybridized carbons (Fsp3) is 0.462. The van der Waals surface area contributed by atoms with Crippen molar-refractivity contribution in [3.8, 4) is 0 Å².